The topological polar surface area (TPSA) is 69.9 Å². The predicted octanol–water partition coefficient (Wildman–Crippen LogP) is 4.96. The van der Waals surface area contributed by atoms with Crippen LogP contribution in [-0.4, -0.2) is 35.9 Å². The van der Waals surface area contributed by atoms with Gasteiger partial charge in [-0.05, 0) is 36.4 Å². The van der Waals surface area contributed by atoms with E-state index in [4.69, 9.17) is 25.8 Å². The number of anilines is 2. The minimum atomic E-state index is -0.476. The number of rotatable bonds is 6. The van der Waals surface area contributed by atoms with Crippen molar-refractivity contribution in [2.24, 2.45) is 0 Å². The third-order valence-corrected chi connectivity index (χ3v) is 4.77. The molecule has 0 bridgehead atoms. The van der Waals surface area contributed by atoms with Crippen molar-refractivity contribution in [1.29, 1.82) is 0 Å². The molecule has 0 amide bonds. The van der Waals surface area contributed by atoms with Crippen molar-refractivity contribution in [3.05, 3.63) is 59.5 Å². The summed E-state index contributed by atoms with van der Waals surface area (Å²) in [6.07, 6.45) is 1.78. The quantitative estimate of drug-likeness (QED) is 0.468. The van der Waals surface area contributed by atoms with E-state index in [1.165, 1.54) is 12.1 Å². The molecule has 0 fully saturated rings. The Kier molecular flexibility index (Phi) is 5.33. The Labute approximate surface area is 177 Å². The molecule has 7 nitrogen and oxygen atoms in total. The van der Waals surface area contributed by atoms with Crippen LogP contribution in [0, 0.1) is 5.82 Å². The number of ether oxygens (including phenoxy) is 3. The summed E-state index contributed by atoms with van der Waals surface area (Å²) in [6.45, 7) is 0. The molecular formula is C21H18ClFN4O3. The number of fused-ring (bicyclic) bond motifs is 1. The number of hydrogen-bond donors (Lipinski definition) is 1. The van der Waals surface area contributed by atoms with Gasteiger partial charge in [0.05, 0.1) is 32.0 Å². The number of nitrogens with one attached hydrogen (secondary N) is 1. The molecule has 0 aliphatic carbocycles. The van der Waals surface area contributed by atoms with Crippen molar-refractivity contribution in [2.45, 2.75) is 0 Å². The first-order valence-electron chi connectivity index (χ1n) is 8.91. The molecule has 4 aromatic rings. The molecular weight excluding hydrogens is 411 g/mol. The summed E-state index contributed by atoms with van der Waals surface area (Å²) in [7, 11) is 4.68. The van der Waals surface area contributed by atoms with Crippen LogP contribution in [0.2, 0.25) is 5.02 Å². The minimum Gasteiger partial charge on any atom is -0.493 e. The number of aromatic nitrogens is 3. The number of methoxy groups -OCH3 is 3. The molecule has 4 rings (SSSR count). The van der Waals surface area contributed by atoms with Gasteiger partial charge >= 0.3 is 0 Å². The number of benzene rings is 2. The maximum Gasteiger partial charge on any atom is 0.203 e. The standard InChI is InChI=1S/C21H18ClFN4O3/c1-28-17-8-12(9-18(29-2)21(17)30-3)16-11-20-25-19(6-7-27(20)26-16)24-13-4-5-15(23)14(22)10-13/h4-11H,1-3H3,(H,24,25). The second-order valence-corrected chi connectivity index (χ2v) is 6.72. The Hall–Kier alpha value is -3.52. The lowest BCUT2D eigenvalue weighted by atomic mass is 10.1. The van der Waals surface area contributed by atoms with E-state index >= 15 is 0 Å². The first-order valence-corrected chi connectivity index (χ1v) is 9.29. The first-order chi connectivity index (χ1) is 14.5. The lowest BCUT2D eigenvalue weighted by Crippen LogP contribution is -1.97. The molecule has 0 atom stereocenters. The summed E-state index contributed by atoms with van der Waals surface area (Å²) in [5, 5.41) is 7.71. The fraction of sp³-hybridized carbons (Fsp3) is 0.143. The predicted molar refractivity (Wildman–Crippen MR) is 113 cm³/mol. The smallest absolute Gasteiger partial charge is 0.203 e. The van der Waals surface area contributed by atoms with Crippen molar-refractivity contribution in [3.63, 3.8) is 0 Å². The van der Waals surface area contributed by atoms with Crippen molar-refractivity contribution in [1.82, 2.24) is 14.6 Å². The molecule has 0 radical (unpaired) electrons. The van der Waals surface area contributed by atoms with Gasteiger partial charge in [-0.2, -0.15) is 5.10 Å². The normalized spacial score (nSPS) is 10.8. The van der Waals surface area contributed by atoms with Crippen molar-refractivity contribution in [3.8, 4) is 28.5 Å². The zero-order valence-electron chi connectivity index (χ0n) is 16.4. The Morgan fingerprint density at radius 1 is 0.967 bits per heavy atom. The highest BCUT2D eigenvalue weighted by molar-refractivity contribution is 6.31. The van der Waals surface area contributed by atoms with Crippen LogP contribution in [0.4, 0.5) is 15.9 Å². The molecule has 30 heavy (non-hydrogen) atoms. The number of halogens is 2. The highest BCUT2D eigenvalue weighted by Crippen LogP contribution is 2.41. The number of hydrogen-bond acceptors (Lipinski definition) is 6. The van der Waals surface area contributed by atoms with Gasteiger partial charge in [-0.3, -0.25) is 0 Å². The van der Waals surface area contributed by atoms with Crippen LogP contribution in [0.25, 0.3) is 16.9 Å². The molecule has 0 spiro atoms. The highest BCUT2D eigenvalue weighted by Gasteiger charge is 2.16. The van der Waals surface area contributed by atoms with Gasteiger partial charge in [0.25, 0.3) is 0 Å². The number of nitrogens with zero attached hydrogens (tertiary/aromatic N) is 3. The Bertz CT molecular complexity index is 1200. The van der Waals surface area contributed by atoms with Crippen LogP contribution in [0.15, 0.2) is 48.7 Å². The lowest BCUT2D eigenvalue weighted by Gasteiger charge is -2.13. The molecule has 0 saturated carbocycles. The maximum atomic E-state index is 13.4. The molecule has 0 unspecified atom stereocenters. The van der Waals surface area contributed by atoms with Gasteiger partial charge in [0.2, 0.25) is 5.75 Å². The summed E-state index contributed by atoms with van der Waals surface area (Å²) in [5.74, 6) is 1.67. The van der Waals surface area contributed by atoms with Crippen LogP contribution in [-0.2, 0) is 0 Å². The Morgan fingerprint density at radius 3 is 2.33 bits per heavy atom. The summed E-state index contributed by atoms with van der Waals surface area (Å²) in [6, 6.07) is 11.6. The summed E-state index contributed by atoms with van der Waals surface area (Å²) in [5.41, 5.74) is 2.72. The second-order valence-electron chi connectivity index (χ2n) is 6.31. The van der Waals surface area contributed by atoms with E-state index in [-0.39, 0.29) is 5.02 Å². The summed E-state index contributed by atoms with van der Waals surface area (Å²) in [4.78, 5) is 4.55. The van der Waals surface area contributed by atoms with E-state index in [0.29, 0.717) is 40.1 Å². The molecule has 0 aliphatic rings. The molecule has 0 aliphatic heterocycles. The van der Waals surface area contributed by atoms with Crippen molar-refractivity contribution in [2.75, 3.05) is 26.6 Å². The van der Waals surface area contributed by atoms with Gasteiger partial charge in [0.1, 0.15) is 11.6 Å². The van der Waals surface area contributed by atoms with Gasteiger partial charge in [0.15, 0.2) is 17.1 Å². The van der Waals surface area contributed by atoms with Gasteiger partial charge in [-0.15, -0.1) is 0 Å². The Balaban J connectivity index is 1.69. The molecule has 9 heteroatoms. The fourth-order valence-corrected chi connectivity index (χ4v) is 3.22. The van der Waals surface area contributed by atoms with Crippen LogP contribution in [0.1, 0.15) is 0 Å². The SMILES string of the molecule is COc1cc(-c2cc3nc(Nc4ccc(F)c(Cl)c4)ccn3n2)cc(OC)c1OC. The minimum absolute atomic E-state index is 0.0371. The molecule has 2 aromatic heterocycles. The highest BCUT2D eigenvalue weighted by atomic mass is 35.5. The van der Waals surface area contributed by atoms with E-state index < -0.39 is 5.82 Å². The third-order valence-electron chi connectivity index (χ3n) is 4.48. The molecule has 2 heterocycles. The lowest BCUT2D eigenvalue weighted by molar-refractivity contribution is 0.324. The fourth-order valence-electron chi connectivity index (χ4n) is 3.04. The maximum absolute atomic E-state index is 13.4. The molecule has 1 N–H and O–H groups in total. The van der Waals surface area contributed by atoms with E-state index in [2.05, 4.69) is 15.4 Å². The largest absolute Gasteiger partial charge is 0.493 e. The van der Waals surface area contributed by atoms with Gasteiger partial charge in [-0.1, -0.05) is 11.6 Å². The first kappa shape index (κ1) is 19.8. The molecule has 0 saturated heterocycles. The van der Waals surface area contributed by atoms with Gasteiger partial charge < -0.3 is 19.5 Å². The Morgan fingerprint density at radius 2 is 1.70 bits per heavy atom. The third kappa shape index (κ3) is 3.69. The average molecular weight is 429 g/mol. The van der Waals surface area contributed by atoms with E-state index in [0.717, 1.165) is 5.56 Å². The average Bonchev–Trinajstić information content (AvgIpc) is 3.18. The van der Waals surface area contributed by atoms with Crippen LogP contribution in [0.3, 0.4) is 0 Å². The second kappa shape index (κ2) is 8.08. The van der Waals surface area contributed by atoms with Crippen molar-refractivity contribution >= 4 is 28.8 Å². The van der Waals surface area contributed by atoms with Gasteiger partial charge in [0, 0.05) is 23.5 Å². The van der Waals surface area contributed by atoms with Crippen LogP contribution >= 0.6 is 11.6 Å². The summed E-state index contributed by atoms with van der Waals surface area (Å²) < 4.78 is 31.2. The van der Waals surface area contributed by atoms with Gasteiger partial charge in [-0.25, -0.2) is 13.9 Å². The molecule has 2 aromatic carbocycles. The monoisotopic (exact) mass is 428 g/mol. The van der Waals surface area contributed by atoms with E-state index in [1.54, 1.807) is 44.2 Å². The zero-order valence-corrected chi connectivity index (χ0v) is 17.2. The zero-order chi connectivity index (χ0) is 21.3. The molecule has 154 valence electrons. The van der Waals surface area contributed by atoms with Crippen LogP contribution in [0.5, 0.6) is 17.2 Å². The van der Waals surface area contributed by atoms with Crippen molar-refractivity contribution < 1.29 is 18.6 Å². The van der Waals surface area contributed by atoms with E-state index in [1.807, 2.05) is 18.2 Å². The van der Waals surface area contributed by atoms with E-state index in [9.17, 15) is 4.39 Å². The summed E-state index contributed by atoms with van der Waals surface area (Å²) >= 11 is 5.84. The van der Waals surface area contributed by atoms with Crippen LogP contribution < -0.4 is 19.5 Å².